The molecule has 1 aliphatic rings. The summed E-state index contributed by atoms with van der Waals surface area (Å²) in [6.07, 6.45) is 6.29. The number of pyridine rings is 1. The van der Waals surface area contributed by atoms with E-state index < -0.39 is 5.72 Å². The first kappa shape index (κ1) is 16.9. The molecule has 4 rings (SSSR count). The molecule has 0 radical (unpaired) electrons. The van der Waals surface area contributed by atoms with Crippen molar-refractivity contribution in [3.63, 3.8) is 0 Å². The van der Waals surface area contributed by atoms with Crippen molar-refractivity contribution < 1.29 is 9.13 Å². The fourth-order valence-electron chi connectivity index (χ4n) is 3.33. The van der Waals surface area contributed by atoms with Gasteiger partial charge >= 0.3 is 0 Å². The van der Waals surface area contributed by atoms with Gasteiger partial charge in [0.2, 0.25) is 0 Å². The molecule has 1 aliphatic heterocycles. The van der Waals surface area contributed by atoms with Crippen molar-refractivity contribution >= 4 is 0 Å². The highest BCUT2D eigenvalue weighted by molar-refractivity contribution is 5.80. The Balaban J connectivity index is 1.86. The minimum Gasteiger partial charge on any atom is -0.351 e. The van der Waals surface area contributed by atoms with E-state index in [1.165, 1.54) is 12.1 Å². The second kappa shape index (κ2) is 6.97. The van der Waals surface area contributed by atoms with E-state index in [-0.39, 0.29) is 5.82 Å². The van der Waals surface area contributed by atoms with Gasteiger partial charge in [-0.25, -0.2) is 9.07 Å². The van der Waals surface area contributed by atoms with Crippen LogP contribution >= 0.6 is 0 Å². The molecule has 2 aromatic heterocycles. The van der Waals surface area contributed by atoms with Gasteiger partial charge in [0.25, 0.3) is 0 Å². The van der Waals surface area contributed by atoms with Crippen molar-refractivity contribution in [2.75, 3.05) is 19.7 Å². The second-order valence-corrected chi connectivity index (χ2v) is 6.40. The zero-order valence-corrected chi connectivity index (χ0v) is 14.7. The number of nitrogens with one attached hydrogen (secondary N) is 1. The third kappa shape index (κ3) is 3.02. The Morgan fingerprint density at radius 2 is 1.92 bits per heavy atom. The topological polar surface area (TPSA) is 52.0 Å². The molecular formula is C20H21FN4O. The van der Waals surface area contributed by atoms with Crippen LogP contribution < -0.4 is 5.32 Å². The summed E-state index contributed by atoms with van der Waals surface area (Å²) in [6, 6.07) is 10.4. The molecule has 0 amide bonds. The molecule has 0 bridgehead atoms. The van der Waals surface area contributed by atoms with Crippen LogP contribution in [0.3, 0.4) is 0 Å². The van der Waals surface area contributed by atoms with Gasteiger partial charge in [-0.05, 0) is 36.2 Å². The van der Waals surface area contributed by atoms with Crippen molar-refractivity contribution in [3.05, 3.63) is 60.8 Å². The van der Waals surface area contributed by atoms with E-state index >= 15 is 0 Å². The molecule has 134 valence electrons. The van der Waals surface area contributed by atoms with Gasteiger partial charge in [0.15, 0.2) is 5.72 Å². The Hall–Kier alpha value is -2.57. The van der Waals surface area contributed by atoms with E-state index in [9.17, 15) is 4.39 Å². The molecule has 1 atom stereocenters. The monoisotopic (exact) mass is 352 g/mol. The van der Waals surface area contributed by atoms with E-state index in [4.69, 9.17) is 9.84 Å². The van der Waals surface area contributed by atoms with Gasteiger partial charge in [-0.15, -0.1) is 0 Å². The van der Waals surface area contributed by atoms with Crippen LogP contribution in [0.5, 0.6) is 0 Å². The van der Waals surface area contributed by atoms with E-state index in [2.05, 4.69) is 17.2 Å². The summed E-state index contributed by atoms with van der Waals surface area (Å²) in [4.78, 5) is 4.09. The Kier molecular flexibility index (Phi) is 4.53. The largest absolute Gasteiger partial charge is 0.351 e. The van der Waals surface area contributed by atoms with Crippen LogP contribution in [0.25, 0.3) is 22.4 Å². The molecule has 0 spiro atoms. The van der Waals surface area contributed by atoms with E-state index in [1.54, 1.807) is 24.5 Å². The van der Waals surface area contributed by atoms with E-state index in [0.717, 1.165) is 35.3 Å². The van der Waals surface area contributed by atoms with Crippen molar-refractivity contribution in [2.24, 2.45) is 0 Å². The van der Waals surface area contributed by atoms with Gasteiger partial charge < -0.3 is 10.1 Å². The molecule has 6 heteroatoms. The highest BCUT2D eigenvalue weighted by Crippen LogP contribution is 2.34. The van der Waals surface area contributed by atoms with Gasteiger partial charge in [-0.2, -0.15) is 5.10 Å². The summed E-state index contributed by atoms with van der Waals surface area (Å²) >= 11 is 0. The fraction of sp³-hybridized carbons (Fsp3) is 0.300. The number of rotatable bonds is 4. The maximum atomic E-state index is 13.4. The first-order valence-corrected chi connectivity index (χ1v) is 8.83. The van der Waals surface area contributed by atoms with Crippen LogP contribution in [0.4, 0.5) is 4.39 Å². The summed E-state index contributed by atoms with van der Waals surface area (Å²) in [5, 5.41) is 8.27. The molecule has 5 nitrogen and oxygen atoms in total. The van der Waals surface area contributed by atoms with Crippen LogP contribution in [-0.4, -0.2) is 34.5 Å². The van der Waals surface area contributed by atoms with Crippen LogP contribution in [-0.2, 0) is 10.5 Å². The minimum atomic E-state index is -0.516. The van der Waals surface area contributed by atoms with Gasteiger partial charge in [0, 0.05) is 42.8 Å². The van der Waals surface area contributed by atoms with Crippen LogP contribution in [0.2, 0.25) is 0 Å². The van der Waals surface area contributed by atoms with E-state index in [0.29, 0.717) is 13.2 Å². The van der Waals surface area contributed by atoms with E-state index in [1.807, 2.05) is 23.0 Å². The SMILES string of the molecule is CCC1(n2cc(-c3ccc(F)cc3)c(-c3ccncc3)n2)CNCCO1. The zero-order chi connectivity index (χ0) is 18.0. The number of benzene rings is 1. The molecule has 1 saturated heterocycles. The maximum absolute atomic E-state index is 13.4. The third-order valence-corrected chi connectivity index (χ3v) is 4.84. The van der Waals surface area contributed by atoms with Crippen molar-refractivity contribution in [1.29, 1.82) is 0 Å². The van der Waals surface area contributed by atoms with Crippen LogP contribution in [0, 0.1) is 5.82 Å². The first-order chi connectivity index (χ1) is 12.7. The summed E-state index contributed by atoms with van der Waals surface area (Å²) < 4.78 is 21.4. The molecule has 1 N–H and O–H groups in total. The van der Waals surface area contributed by atoms with Crippen molar-refractivity contribution in [2.45, 2.75) is 19.1 Å². The van der Waals surface area contributed by atoms with Gasteiger partial charge in [-0.1, -0.05) is 19.1 Å². The Morgan fingerprint density at radius 3 is 2.58 bits per heavy atom. The zero-order valence-electron chi connectivity index (χ0n) is 14.7. The lowest BCUT2D eigenvalue weighted by Gasteiger charge is -2.37. The summed E-state index contributed by atoms with van der Waals surface area (Å²) in [5.74, 6) is -0.253. The quantitative estimate of drug-likeness (QED) is 0.782. The predicted octanol–water partition coefficient (Wildman–Crippen LogP) is 3.43. The highest BCUT2D eigenvalue weighted by Gasteiger charge is 2.35. The Bertz CT molecular complexity index is 871. The summed E-state index contributed by atoms with van der Waals surface area (Å²) in [7, 11) is 0. The molecule has 3 heterocycles. The fourth-order valence-corrected chi connectivity index (χ4v) is 3.33. The molecule has 3 aromatic rings. The van der Waals surface area contributed by atoms with Crippen LogP contribution in [0.15, 0.2) is 55.0 Å². The average Bonchev–Trinajstić information content (AvgIpc) is 3.16. The Morgan fingerprint density at radius 1 is 1.15 bits per heavy atom. The minimum absolute atomic E-state index is 0.253. The third-order valence-electron chi connectivity index (χ3n) is 4.84. The van der Waals surface area contributed by atoms with Crippen molar-refractivity contribution in [1.82, 2.24) is 20.1 Å². The molecule has 1 fully saturated rings. The lowest BCUT2D eigenvalue weighted by Crippen LogP contribution is -2.51. The average molecular weight is 352 g/mol. The van der Waals surface area contributed by atoms with Gasteiger partial charge in [-0.3, -0.25) is 4.98 Å². The maximum Gasteiger partial charge on any atom is 0.172 e. The number of aromatic nitrogens is 3. The molecule has 26 heavy (non-hydrogen) atoms. The number of halogens is 1. The number of morpholine rings is 1. The lowest BCUT2D eigenvalue weighted by molar-refractivity contribution is -0.134. The molecule has 0 aliphatic carbocycles. The van der Waals surface area contributed by atoms with Gasteiger partial charge in [0.05, 0.1) is 6.61 Å². The standard InChI is InChI=1S/C20H21FN4O/c1-2-20(14-23-11-12-26-20)25-13-18(15-3-5-17(21)6-4-15)19(24-25)16-7-9-22-10-8-16/h3-10,13,23H,2,11-12,14H2,1H3. The second-order valence-electron chi connectivity index (χ2n) is 6.40. The molecule has 0 saturated carbocycles. The predicted molar refractivity (Wildman–Crippen MR) is 97.9 cm³/mol. The molecule has 1 unspecified atom stereocenters. The van der Waals surface area contributed by atoms with Gasteiger partial charge in [0.1, 0.15) is 11.5 Å². The Labute approximate surface area is 151 Å². The van der Waals surface area contributed by atoms with Crippen molar-refractivity contribution in [3.8, 4) is 22.4 Å². The van der Waals surface area contributed by atoms with Crippen LogP contribution in [0.1, 0.15) is 13.3 Å². The summed E-state index contributed by atoms with van der Waals surface area (Å²) in [5.41, 5.74) is 3.14. The lowest BCUT2D eigenvalue weighted by atomic mass is 10.0. The highest BCUT2D eigenvalue weighted by atomic mass is 19.1. The molecule has 1 aromatic carbocycles. The molecular weight excluding hydrogens is 331 g/mol. The normalized spacial score (nSPS) is 20.2. The number of ether oxygens (including phenoxy) is 1. The smallest absolute Gasteiger partial charge is 0.172 e. The summed E-state index contributed by atoms with van der Waals surface area (Å²) in [6.45, 7) is 4.28. The number of hydrogen-bond acceptors (Lipinski definition) is 4. The number of nitrogens with zero attached hydrogens (tertiary/aromatic N) is 3. The number of hydrogen-bond donors (Lipinski definition) is 1. The first-order valence-electron chi connectivity index (χ1n) is 8.83.